The summed E-state index contributed by atoms with van der Waals surface area (Å²) >= 11 is 5.82. The minimum atomic E-state index is -0.333. The normalized spacial score (nSPS) is 29.8. The first-order chi connectivity index (χ1) is 9.04. The molecule has 1 saturated carbocycles. The van der Waals surface area contributed by atoms with Crippen molar-refractivity contribution in [3.8, 4) is 0 Å². The topological polar surface area (TPSA) is 6.48 Å². The van der Waals surface area contributed by atoms with Crippen molar-refractivity contribution in [1.29, 1.82) is 0 Å². The van der Waals surface area contributed by atoms with Crippen LogP contribution < -0.4 is 0 Å². The minimum Gasteiger partial charge on any atom is -0.309 e. The Labute approximate surface area is 119 Å². The largest absolute Gasteiger partial charge is 0.309 e. The molecule has 0 bridgehead atoms. The number of likely N-dealkylation sites (tertiary alicyclic amines) is 1. The summed E-state index contributed by atoms with van der Waals surface area (Å²) in [5, 5.41) is 0.229. The molecule has 1 aromatic rings. The van der Waals surface area contributed by atoms with Crippen LogP contribution in [0.2, 0.25) is 5.02 Å². The molecule has 2 nitrogen and oxygen atoms in total. The highest BCUT2D eigenvalue weighted by Crippen LogP contribution is 2.52. The summed E-state index contributed by atoms with van der Waals surface area (Å²) in [5.74, 6) is 2.31. The van der Waals surface area contributed by atoms with Crippen molar-refractivity contribution in [2.45, 2.75) is 6.54 Å². The first-order valence-corrected chi connectivity index (χ1v) is 7.23. The van der Waals surface area contributed by atoms with E-state index in [9.17, 15) is 4.39 Å². The molecule has 0 radical (unpaired) electrons. The summed E-state index contributed by atoms with van der Waals surface area (Å²) in [6.07, 6.45) is 0. The van der Waals surface area contributed by atoms with Gasteiger partial charge in [-0.3, -0.25) is 4.90 Å². The number of piperidine rings is 1. The first-order valence-electron chi connectivity index (χ1n) is 6.85. The summed E-state index contributed by atoms with van der Waals surface area (Å²) in [6, 6.07) is 5.05. The van der Waals surface area contributed by atoms with Crippen molar-refractivity contribution >= 4 is 11.6 Å². The number of hydrogen-bond acceptors (Lipinski definition) is 2. The molecule has 1 aliphatic carbocycles. The molecule has 0 amide bonds. The predicted molar refractivity (Wildman–Crippen MR) is 75.7 cm³/mol. The van der Waals surface area contributed by atoms with Gasteiger partial charge < -0.3 is 4.90 Å². The van der Waals surface area contributed by atoms with Crippen LogP contribution in [0.25, 0.3) is 0 Å². The van der Waals surface area contributed by atoms with Gasteiger partial charge in [0.15, 0.2) is 0 Å². The van der Waals surface area contributed by atoms with Crippen LogP contribution in [-0.4, -0.2) is 43.5 Å². The molecule has 0 aromatic heterocycles. The van der Waals surface area contributed by atoms with E-state index in [-0.39, 0.29) is 10.8 Å². The second-order valence-corrected chi connectivity index (χ2v) is 6.60. The van der Waals surface area contributed by atoms with E-state index in [0.29, 0.717) is 0 Å². The molecule has 3 rings (SSSR count). The Hall–Kier alpha value is -0.640. The zero-order valence-electron chi connectivity index (χ0n) is 11.4. The second kappa shape index (κ2) is 5.04. The highest BCUT2D eigenvalue weighted by Gasteiger charge is 2.54. The van der Waals surface area contributed by atoms with Crippen LogP contribution in [0.5, 0.6) is 0 Å². The van der Waals surface area contributed by atoms with Crippen LogP contribution in [0.4, 0.5) is 4.39 Å². The SMILES string of the molecule is CN(C)CC1[C@H]2CN(Cc3ccc(F)c(Cl)c3)C[C@@H]12. The van der Waals surface area contributed by atoms with Crippen molar-refractivity contribution in [2.75, 3.05) is 33.7 Å². The Bertz CT molecular complexity index is 465. The molecule has 0 spiro atoms. The third kappa shape index (κ3) is 2.78. The number of hydrogen-bond donors (Lipinski definition) is 0. The van der Waals surface area contributed by atoms with E-state index in [0.717, 1.165) is 29.9 Å². The van der Waals surface area contributed by atoms with Crippen LogP contribution in [0.15, 0.2) is 18.2 Å². The molecule has 104 valence electrons. The highest BCUT2D eigenvalue weighted by molar-refractivity contribution is 6.30. The van der Waals surface area contributed by atoms with Crippen molar-refractivity contribution in [3.05, 3.63) is 34.6 Å². The Morgan fingerprint density at radius 2 is 2.00 bits per heavy atom. The maximum atomic E-state index is 13.1. The fourth-order valence-electron chi connectivity index (χ4n) is 3.45. The molecule has 1 heterocycles. The van der Waals surface area contributed by atoms with Crippen LogP contribution in [-0.2, 0) is 6.54 Å². The van der Waals surface area contributed by atoms with E-state index in [2.05, 4.69) is 23.9 Å². The van der Waals surface area contributed by atoms with E-state index < -0.39 is 0 Å². The van der Waals surface area contributed by atoms with Crippen LogP contribution in [0, 0.1) is 23.6 Å². The van der Waals surface area contributed by atoms with Crippen LogP contribution >= 0.6 is 11.6 Å². The molecule has 0 N–H and O–H groups in total. The molecule has 1 unspecified atom stereocenters. The molecule has 1 saturated heterocycles. The minimum absolute atomic E-state index is 0.229. The third-order valence-corrected chi connectivity index (χ3v) is 4.70. The van der Waals surface area contributed by atoms with Gasteiger partial charge in [0.25, 0.3) is 0 Å². The molecular weight excluding hydrogens is 263 g/mol. The zero-order valence-corrected chi connectivity index (χ0v) is 12.2. The van der Waals surface area contributed by atoms with E-state index in [1.54, 1.807) is 6.07 Å². The van der Waals surface area contributed by atoms with E-state index in [1.807, 2.05) is 6.07 Å². The van der Waals surface area contributed by atoms with E-state index in [4.69, 9.17) is 11.6 Å². The zero-order chi connectivity index (χ0) is 13.6. The fraction of sp³-hybridized carbons (Fsp3) is 0.600. The lowest BCUT2D eigenvalue weighted by molar-refractivity contribution is 0.258. The maximum absolute atomic E-state index is 13.1. The highest BCUT2D eigenvalue weighted by atomic mass is 35.5. The van der Waals surface area contributed by atoms with Crippen molar-refractivity contribution in [2.24, 2.45) is 17.8 Å². The lowest BCUT2D eigenvalue weighted by Gasteiger charge is -2.20. The van der Waals surface area contributed by atoms with Gasteiger partial charge in [0.1, 0.15) is 5.82 Å². The van der Waals surface area contributed by atoms with Gasteiger partial charge in [-0.1, -0.05) is 17.7 Å². The fourth-order valence-corrected chi connectivity index (χ4v) is 3.66. The molecule has 3 atom stereocenters. The number of fused-ring (bicyclic) bond motifs is 1. The molecule has 1 aromatic carbocycles. The van der Waals surface area contributed by atoms with Gasteiger partial charge in [-0.05, 0) is 49.5 Å². The number of nitrogens with zero attached hydrogens (tertiary/aromatic N) is 2. The van der Waals surface area contributed by atoms with Crippen molar-refractivity contribution in [1.82, 2.24) is 9.80 Å². The van der Waals surface area contributed by atoms with Gasteiger partial charge in [0.05, 0.1) is 5.02 Å². The summed E-state index contributed by atoms with van der Waals surface area (Å²) in [7, 11) is 4.29. The molecule has 4 heteroatoms. The average Bonchev–Trinajstić information content (AvgIpc) is 2.80. The van der Waals surface area contributed by atoms with Crippen LogP contribution in [0.1, 0.15) is 5.56 Å². The Kier molecular flexibility index (Phi) is 3.54. The second-order valence-electron chi connectivity index (χ2n) is 6.20. The molecule has 19 heavy (non-hydrogen) atoms. The lowest BCUT2D eigenvalue weighted by Crippen LogP contribution is -2.27. The Morgan fingerprint density at radius 3 is 2.58 bits per heavy atom. The standard InChI is InChI=1S/C15H20ClFN2/c1-18(2)7-11-12-8-19(9-13(11)12)6-10-3-4-15(17)14(16)5-10/h3-5,11-13H,6-9H2,1-2H3/t11?,12-,13+. The van der Waals surface area contributed by atoms with E-state index >= 15 is 0 Å². The molecular formula is C15H20ClFN2. The number of rotatable bonds is 4. The predicted octanol–water partition coefficient (Wildman–Crippen LogP) is 2.72. The monoisotopic (exact) mass is 282 g/mol. The van der Waals surface area contributed by atoms with Gasteiger partial charge in [-0.15, -0.1) is 0 Å². The molecule has 2 aliphatic rings. The third-order valence-electron chi connectivity index (χ3n) is 4.41. The Morgan fingerprint density at radius 1 is 1.32 bits per heavy atom. The number of halogens is 2. The Balaban J connectivity index is 1.53. The van der Waals surface area contributed by atoms with Crippen molar-refractivity contribution < 1.29 is 4.39 Å². The summed E-state index contributed by atoms with van der Waals surface area (Å²) in [5.41, 5.74) is 1.11. The summed E-state index contributed by atoms with van der Waals surface area (Å²) in [4.78, 5) is 4.75. The smallest absolute Gasteiger partial charge is 0.141 e. The number of benzene rings is 1. The van der Waals surface area contributed by atoms with E-state index in [1.165, 1.54) is 25.7 Å². The van der Waals surface area contributed by atoms with Gasteiger partial charge in [0, 0.05) is 26.2 Å². The lowest BCUT2D eigenvalue weighted by atomic mass is 10.2. The van der Waals surface area contributed by atoms with Gasteiger partial charge in [-0.2, -0.15) is 0 Å². The van der Waals surface area contributed by atoms with Gasteiger partial charge >= 0.3 is 0 Å². The van der Waals surface area contributed by atoms with Gasteiger partial charge in [-0.25, -0.2) is 4.39 Å². The molecule has 2 fully saturated rings. The maximum Gasteiger partial charge on any atom is 0.141 e. The summed E-state index contributed by atoms with van der Waals surface area (Å²) in [6.45, 7) is 4.46. The van der Waals surface area contributed by atoms with Crippen molar-refractivity contribution in [3.63, 3.8) is 0 Å². The summed E-state index contributed by atoms with van der Waals surface area (Å²) < 4.78 is 13.1. The quantitative estimate of drug-likeness (QED) is 0.838. The van der Waals surface area contributed by atoms with Gasteiger partial charge in [0.2, 0.25) is 0 Å². The van der Waals surface area contributed by atoms with Crippen LogP contribution in [0.3, 0.4) is 0 Å². The molecule has 1 aliphatic heterocycles. The first kappa shape index (κ1) is 13.3. The average molecular weight is 283 g/mol.